The van der Waals surface area contributed by atoms with Crippen LogP contribution in [0.1, 0.15) is 10.4 Å². The number of carbonyl (C=O) groups is 1. The number of allylic oxidation sites excluding steroid dienone is 1. The third-order valence-corrected chi connectivity index (χ3v) is 4.97. The molecule has 0 amide bonds. The lowest BCUT2D eigenvalue weighted by atomic mass is 10.1. The second-order valence-corrected chi connectivity index (χ2v) is 6.27. The Morgan fingerprint density at radius 3 is 2.56 bits per heavy atom. The summed E-state index contributed by atoms with van der Waals surface area (Å²) in [6, 6.07) is 7.19. The van der Waals surface area contributed by atoms with E-state index in [4.69, 9.17) is 0 Å². The highest BCUT2D eigenvalue weighted by Gasteiger charge is 2.09. The van der Waals surface area contributed by atoms with Crippen LogP contribution in [0.3, 0.4) is 0 Å². The monoisotopic (exact) mass is 318 g/mol. The topological polar surface area (TPSA) is 34.1 Å². The van der Waals surface area contributed by atoms with Crippen LogP contribution in [-0.2, 0) is 10.8 Å². The van der Waals surface area contributed by atoms with Crippen LogP contribution in [-0.4, -0.2) is 22.5 Å². The van der Waals surface area contributed by atoms with Gasteiger partial charge in [-0.2, -0.15) is 0 Å². The zero-order valence-electron chi connectivity index (χ0n) is 8.90. The van der Waals surface area contributed by atoms with Crippen LogP contribution in [0.15, 0.2) is 39.1 Å². The van der Waals surface area contributed by atoms with E-state index in [1.165, 1.54) is 17.8 Å². The Balaban J connectivity index is 3.04. The minimum absolute atomic E-state index is 0.132. The van der Waals surface area contributed by atoms with Gasteiger partial charge in [-0.25, -0.2) is 0 Å². The fourth-order valence-corrected chi connectivity index (χ4v) is 3.02. The summed E-state index contributed by atoms with van der Waals surface area (Å²) in [6.45, 7) is 0. The molecule has 0 bridgehead atoms. The minimum atomic E-state index is -1.12. The molecule has 0 saturated heterocycles. The highest BCUT2D eigenvalue weighted by atomic mass is 79.9. The molecule has 0 aromatic heterocycles. The second-order valence-electron chi connectivity index (χ2n) is 2.97. The molecule has 16 heavy (non-hydrogen) atoms. The van der Waals surface area contributed by atoms with Crippen LogP contribution in [0, 0.1) is 0 Å². The maximum absolute atomic E-state index is 11.9. The van der Waals surface area contributed by atoms with Crippen molar-refractivity contribution in [2.45, 2.75) is 0 Å². The summed E-state index contributed by atoms with van der Waals surface area (Å²) in [4.78, 5) is 11.9. The Morgan fingerprint density at radius 2 is 2.06 bits per heavy atom. The SMILES string of the molecule is CSC(=CC(=O)c1ccccc1Br)S(C)=O. The molecule has 0 spiro atoms. The molecule has 0 heterocycles. The van der Waals surface area contributed by atoms with E-state index in [0.717, 1.165) is 4.47 Å². The van der Waals surface area contributed by atoms with Gasteiger partial charge in [-0.3, -0.25) is 9.00 Å². The molecule has 1 rings (SSSR count). The van der Waals surface area contributed by atoms with Crippen LogP contribution in [0.5, 0.6) is 0 Å². The van der Waals surface area contributed by atoms with Crippen molar-refractivity contribution in [1.29, 1.82) is 0 Å². The third-order valence-electron chi connectivity index (χ3n) is 1.87. The standard InChI is InChI=1S/C11H11BrO2S2/c1-15-11(16(2)14)7-10(13)8-5-3-4-6-9(8)12/h3-7H,1-2H3. The molecular weight excluding hydrogens is 308 g/mol. The number of thioether (sulfide) groups is 1. The van der Waals surface area contributed by atoms with E-state index >= 15 is 0 Å². The molecule has 1 atom stereocenters. The number of hydrogen-bond donors (Lipinski definition) is 0. The molecule has 5 heteroatoms. The van der Waals surface area contributed by atoms with Gasteiger partial charge in [-0.15, -0.1) is 11.8 Å². The third kappa shape index (κ3) is 3.57. The van der Waals surface area contributed by atoms with E-state index in [2.05, 4.69) is 15.9 Å². The molecular formula is C11H11BrO2S2. The van der Waals surface area contributed by atoms with Crippen molar-refractivity contribution in [3.05, 3.63) is 44.6 Å². The van der Waals surface area contributed by atoms with Gasteiger partial charge < -0.3 is 0 Å². The van der Waals surface area contributed by atoms with E-state index in [-0.39, 0.29) is 5.78 Å². The Labute approximate surface area is 110 Å². The molecule has 2 nitrogen and oxygen atoms in total. The van der Waals surface area contributed by atoms with Crippen molar-refractivity contribution in [2.24, 2.45) is 0 Å². The lowest BCUT2D eigenvalue weighted by Gasteiger charge is -2.01. The molecule has 0 saturated carbocycles. The van der Waals surface area contributed by atoms with Gasteiger partial charge in [-0.05, 0) is 18.4 Å². The predicted octanol–water partition coefficient (Wildman–Crippen LogP) is 3.21. The Morgan fingerprint density at radius 1 is 1.44 bits per heavy atom. The van der Waals surface area contributed by atoms with E-state index < -0.39 is 10.8 Å². The normalized spacial score (nSPS) is 13.6. The number of ketones is 1. The summed E-state index contributed by atoms with van der Waals surface area (Å²) in [5.74, 6) is -0.132. The molecule has 0 radical (unpaired) electrons. The predicted molar refractivity (Wildman–Crippen MR) is 74.1 cm³/mol. The summed E-state index contributed by atoms with van der Waals surface area (Å²) in [5.41, 5.74) is 0.583. The van der Waals surface area contributed by atoms with Crippen molar-refractivity contribution in [2.75, 3.05) is 12.5 Å². The van der Waals surface area contributed by atoms with Crippen LogP contribution < -0.4 is 0 Å². The fourth-order valence-electron chi connectivity index (χ4n) is 1.11. The van der Waals surface area contributed by atoms with Gasteiger partial charge in [0.05, 0.1) is 15.0 Å². The second kappa shape index (κ2) is 6.37. The molecule has 86 valence electrons. The number of benzene rings is 1. The van der Waals surface area contributed by atoms with Gasteiger partial charge >= 0.3 is 0 Å². The molecule has 0 aliphatic heterocycles. The maximum Gasteiger partial charge on any atom is 0.188 e. The number of hydrogen-bond acceptors (Lipinski definition) is 3. The first-order valence-corrected chi connectivity index (χ1v) is 8.02. The van der Waals surface area contributed by atoms with Crippen LogP contribution in [0.2, 0.25) is 0 Å². The zero-order valence-corrected chi connectivity index (χ0v) is 12.1. The first-order valence-electron chi connectivity index (χ1n) is 4.44. The molecule has 1 aromatic carbocycles. The highest BCUT2D eigenvalue weighted by Crippen LogP contribution is 2.20. The van der Waals surface area contributed by atoms with Crippen molar-refractivity contribution >= 4 is 44.3 Å². The van der Waals surface area contributed by atoms with Crippen molar-refractivity contribution < 1.29 is 9.00 Å². The van der Waals surface area contributed by atoms with Crippen LogP contribution >= 0.6 is 27.7 Å². The molecule has 1 unspecified atom stereocenters. The van der Waals surface area contributed by atoms with Crippen LogP contribution in [0.4, 0.5) is 0 Å². The average Bonchev–Trinajstić information content (AvgIpc) is 2.25. The van der Waals surface area contributed by atoms with Gasteiger partial charge in [0.2, 0.25) is 0 Å². The molecule has 0 aliphatic rings. The Kier molecular flexibility index (Phi) is 5.44. The summed E-state index contributed by atoms with van der Waals surface area (Å²) in [5, 5.41) is 0. The van der Waals surface area contributed by atoms with Gasteiger partial charge in [0.15, 0.2) is 5.78 Å². The first kappa shape index (κ1) is 13.7. The zero-order chi connectivity index (χ0) is 12.1. The Bertz CT molecular complexity index is 455. The summed E-state index contributed by atoms with van der Waals surface area (Å²) in [6.07, 6.45) is 4.80. The van der Waals surface area contributed by atoms with E-state index in [0.29, 0.717) is 9.80 Å². The largest absolute Gasteiger partial charge is 0.289 e. The van der Waals surface area contributed by atoms with Crippen molar-refractivity contribution in [1.82, 2.24) is 0 Å². The van der Waals surface area contributed by atoms with Crippen molar-refractivity contribution in [3.8, 4) is 0 Å². The smallest absolute Gasteiger partial charge is 0.188 e. The summed E-state index contributed by atoms with van der Waals surface area (Å²) >= 11 is 4.64. The van der Waals surface area contributed by atoms with E-state index in [1.807, 2.05) is 12.1 Å². The van der Waals surface area contributed by atoms with Gasteiger partial charge in [0, 0.05) is 22.4 Å². The van der Waals surface area contributed by atoms with E-state index in [9.17, 15) is 9.00 Å². The van der Waals surface area contributed by atoms with Gasteiger partial charge in [0.1, 0.15) is 0 Å². The number of halogens is 1. The number of carbonyl (C=O) groups excluding carboxylic acids is 1. The lowest BCUT2D eigenvalue weighted by Crippen LogP contribution is -1.98. The molecule has 0 N–H and O–H groups in total. The maximum atomic E-state index is 11.9. The Hall–Kier alpha value is -0.390. The minimum Gasteiger partial charge on any atom is -0.289 e. The lowest BCUT2D eigenvalue weighted by molar-refractivity contribution is 0.104. The fraction of sp³-hybridized carbons (Fsp3) is 0.182. The number of rotatable bonds is 4. The summed E-state index contributed by atoms with van der Waals surface area (Å²) in [7, 11) is -1.12. The van der Waals surface area contributed by atoms with E-state index in [1.54, 1.807) is 24.6 Å². The molecule has 0 aliphatic carbocycles. The van der Waals surface area contributed by atoms with Gasteiger partial charge in [0.25, 0.3) is 0 Å². The van der Waals surface area contributed by atoms with Crippen molar-refractivity contribution in [3.63, 3.8) is 0 Å². The average molecular weight is 319 g/mol. The molecule has 0 fully saturated rings. The van der Waals surface area contributed by atoms with Gasteiger partial charge in [-0.1, -0.05) is 28.1 Å². The highest BCUT2D eigenvalue weighted by molar-refractivity contribution is 9.10. The molecule has 1 aromatic rings. The quantitative estimate of drug-likeness (QED) is 0.631. The summed E-state index contributed by atoms with van der Waals surface area (Å²) < 4.78 is 12.6. The van der Waals surface area contributed by atoms with Crippen LogP contribution in [0.25, 0.3) is 0 Å². The first-order chi connectivity index (χ1) is 7.56.